The van der Waals surface area contributed by atoms with Gasteiger partial charge in [0.15, 0.2) is 9.58 Å². The van der Waals surface area contributed by atoms with Crippen LogP contribution in [0.2, 0.25) is 0 Å². The van der Waals surface area contributed by atoms with Gasteiger partial charge in [0, 0.05) is 17.4 Å². The van der Waals surface area contributed by atoms with Crippen molar-refractivity contribution in [3.63, 3.8) is 0 Å². The molecule has 5 heteroatoms. The van der Waals surface area contributed by atoms with E-state index in [0.29, 0.717) is 9.58 Å². The van der Waals surface area contributed by atoms with Gasteiger partial charge in [-0.2, -0.15) is 0 Å². The SMILES string of the molecule is Cc1ccc2c(c1)cc(C1CCCC1)[s+]2C(F)(F)F.Cl. The molecule has 20 heavy (non-hydrogen) atoms. The predicted molar refractivity (Wildman–Crippen MR) is 80.9 cm³/mol. The second-order valence-corrected chi connectivity index (χ2v) is 7.31. The first-order valence-electron chi connectivity index (χ1n) is 6.60. The third-order valence-electron chi connectivity index (χ3n) is 3.91. The molecule has 0 spiro atoms. The van der Waals surface area contributed by atoms with Gasteiger partial charge in [-0.3, -0.25) is 0 Å². The van der Waals surface area contributed by atoms with Crippen molar-refractivity contribution < 1.29 is 13.2 Å². The van der Waals surface area contributed by atoms with Gasteiger partial charge in [0.05, 0.1) is 10.5 Å². The minimum atomic E-state index is -4.14. The van der Waals surface area contributed by atoms with Crippen LogP contribution in [0.4, 0.5) is 13.2 Å². The molecule has 0 radical (unpaired) electrons. The van der Waals surface area contributed by atoms with Gasteiger partial charge in [-0.25, -0.2) is 0 Å². The highest BCUT2D eigenvalue weighted by atomic mass is 35.5. The molecule has 0 nitrogen and oxygen atoms in total. The van der Waals surface area contributed by atoms with Crippen LogP contribution in [0.25, 0.3) is 10.1 Å². The molecule has 1 aromatic carbocycles. The zero-order valence-corrected chi connectivity index (χ0v) is 12.8. The Balaban J connectivity index is 0.00000147. The molecule has 1 heterocycles. The number of thiophene rings is 1. The summed E-state index contributed by atoms with van der Waals surface area (Å²) in [5.41, 5.74) is -3.12. The number of aryl methyl sites for hydroxylation is 1. The average Bonchev–Trinajstić information content (AvgIpc) is 2.92. The standard InChI is InChI=1S/C15H16F3S.ClH/c1-10-6-7-13-12(8-10)9-14(11-4-2-3-5-11)19(13)15(16,17)18;/h6-9,11H,2-5H2,1H3;1H/q+1;. The summed E-state index contributed by atoms with van der Waals surface area (Å²) >= 11 is 0. The van der Waals surface area contributed by atoms with Crippen molar-refractivity contribution in [1.29, 1.82) is 0 Å². The van der Waals surface area contributed by atoms with Crippen molar-refractivity contribution in [2.75, 3.05) is 0 Å². The molecule has 3 rings (SSSR count). The zero-order valence-electron chi connectivity index (χ0n) is 11.2. The topological polar surface area (TPSA) is 0 Å². The predicted octanol–water partition coefficient (Wildman–Crippen LogP) is 6.45. The van der Waals surface area contributed by atoms with Crippen LogP contribution in [0, 0.1) is 6.92 Å². The van der Waals surface area contributed by atoms with Crippen LogP contribution < -0.4 is 0 Å². The number of benzene rings is 1. The van der Waals surface area contributed by atoms with E-state index in [1.165, 1.54) is 0 Å². The third kappa shape index (κ3) is 2.68. The molecule has 1 saturated carbocycles. The van der Waals surface area contributed by atoms with Gasteiger partial charge in [-0.05, 0) is 31.9 Å². The largest absolute Gasteiger partial charge is 0.600 e. The quantitative estimate of drug-likeness (QED) is 0.529. The van der Waals surface area contributed by atoms with Gasteiger partial charge in [0.25, 0.3) is 0 Å². The Labute approximate surface area is 125 Å². The lowest BCUT2D eigenvalue weighted by Gasteiger charge is -2.05. The molecule has 1 aliphatic carbocycles. The summed E-state index contributed by atoms with van der Waals surface area (Å²) in [6.07, 6.45) is 3.95. The van der Waals surface area contributed by atoms with E-state index in [1.807, 2.05) is 19.1 Å². The summed E-state index contributed by atoms with van der Waals surface area (Å²) in [4.78, 5) is 0.630. The Morgan fingerprint density at radius 2 is 1.75 bits per heavy atom. The monoisotopic (exact) mass is 321 g/mol. The molecule has 0 N–H and O–H groups in total. The molecule has 2 aromatic rings. The van der Waals surface area contributed by atoms with Crippen molar-refractivity contribution in [3.05, 3.63) is 34.7 Å². The lowest BCUT2D eigenvalue weighted by Crippen LogP contribution is -2.00. The number of hydrogen-bond donors (Lipinski definition) is 0. The Morgan fingerprint density at radius 3 is 2.35 bits per heavy atom. The molecule has 1 aromatic heterocycles. The van der Waals surface area contributed by atoms with E-state index in [1.54, 1.807) is 12.1 Å². The van der Waals surface area contributed by atoms with E-state index < -0.39 is 16.0 Å². The summed E-state index contributed by atoms with van der Waals surface area (Å²) in [6.45, 7) is 1.92. The highest BCUT2D eigenvalue weighted by Gasteiger charge is 2.49. The first-order valence-corrected chi connectivity index (χ1v) is 7.82. The highest BCUT2D eigenvalue weighted by molar-refractivity contribution is 7.38. The van der Waals surface area contributed by atoms with Crippen LogP contribution in [-0.4, -0.2) is 0 Å². The lowest BCUT2D eigenvalue weighted by molar-refractivity contribution is -0.0868. The van der Waals surface area contributed by atoms with E-state index in [9.17, 15) is 13.2 Å². The van der Waals surface area contributed by atoms with Gasteiger partial charge in [-0.1, -0.05) is 24.5 Å². The number of hydrogen-bond acceptors (Lipinski definition) is 0. The molecule has 1 unspecified atom stereocenters. The van der Waals surface area contributed by atoms with Crippen LogP contribution in [0.5, 0.6) is 0 Å². The van der Waals surface area contributed by atoms with Crippen molar-refractivity contribution in [1.82, 2.24) is 0 Å². The summed E-state index contributed by atoms with van der Waals surface area (Å²) < 4.78 is 40.7. The molecule has 0 amide bonds. The fraction of sp³-hybridized carbons (Fsp3) is 0.467. The molecule has 110 valence electrons. The Kier molecular flexibility index (Phi) is 4.35. The van der Waals surface area contributed by atoms with Gasteiger partial charge in [-0.15, -0.1) is 25.6 Å². The second kappa shape index (κ2) is 5.57. The molecule has 1 aliphatic rings. The van der Waals surface area contributed by atoms with Crippen LogP contribution in [-0.2, 0) is 5.51 Å². The fourth-order valence-electron chi connectivity index (χ4n) is 3.06. The van der Waals surface area contributed by atoms with Crippen molar-refractivity contribution in [3.8, 4) is 0 Å². The molecule has 1 fully saturated rings. The van der Waals surface area contributed by atoms with E-state index in [0.717, 1.165) is 36.6 Å². The van der Waals surface area contributed by atoms with Crippen molar-refractivity contribution in [2.45, 2.75) is 44.0 Å². The minimum absolute atomic E-state index is 0. The average molecular weight is 322 g/mol. The third-order valence-corrected chi connectivity index (χ3v) is 6.10. The lowest BCUT2D eigenvalue weighted by atomic mass is 10.1. The van der Waals surface area contributed by atoms with Gasteiger partial charge in [0.2, 0.25) is 0 Å². The maximum absolute atomic E-state index is 13.4. The van der Waals surface area contributed by atoms with E-state index in [-0.39, 0.29) is 18.3 Å². The fourth-order valence-corrected chi connectivity index (χ4v) is 5.20. The Hall–Kier alpha value is -0.740. The first-order chi connectivity index (χ1) is 8.97. The molecule has 0 bridgehead atoms. The number of fused-ring (bicyclic) bond motifs is 1. The van der Waals surface area contributed by atoms with Crippen LogP contribution in [0.1, 0.15) is 42.0 Å². The minimum Gasteiger partial charge on any atom is -0.147 e. The summed E-state index contributed by atoms with van der Waals surface area (Å²) in [5, 5.41) is 0.780. The molecule has 0 aliphatic heterocycles. The van der Waals surface area contributed by atoms with Crippen molar-refractivity contribution >= 4 is 33.0 Å². The van der Waals surface area contributed by atoms with Gasteiger partial charge < -0.3 is 0 Å². The molecule has 0 saturated heterocycles. The normalized spacial score (nSPS) is 17.5. The molecular weight excluding hydrogens is 305 g/mol. The summed E-state index contributed by atoms with van der Waals surface area (Å²) in [7, 11) is -1.69. The van der Waals surface area contributed by atoms with E-state index >= 15 is 0 Å². The second-order valence-electron chi connectivity index (χ2n) is 5.32. The number of alkyl halides is 3. The maximum atomic E-state index is 13.4. The molecular formula is C15H17ClF3S+. The van der Waals surface area contributed by atoms with Gasteiger partial charge >= 0.3 is 5.51 Å². The number of rotatable bonds is 1. The van der Waals surface area contributed by atoms with E-state index in [2.05, 4.69) is 0 Å². The van der Waals surface area contributed by atoms with Crippen LogP contribution >= 0.6 is 22.9 Å². The van der Waals surface area contributed by atoms with E-state index in [4.69, 9.17) is 0 Å². The highest BCUT2D eigenvalue weighted by Crippen LogP contribution is 2.55. The smallest absolute Gasteiger partial charge is 0.147 e. The van der Waals surface area contributed by atoms with Crippen molar-refractivity contribution in [2.24, 2.45) is 0 Å². The van der Waals surface area contributed by atoms with Gasteiger partial charge in [0.1, 0.15) is 0 Å². The zero-order chi connectivity index (χ0) is 13.6. The summed E-state index contributed by atoms with van der Waals surface area (Å²) in [6, 6.07) is 7.15. The van der Waals surface area contributed by atoms with Crippen LogP contribution in [0.15, 0.2) is 24.3 Å². The Morgan fingerprint density at radius 1 is 1.10 bits per heavy atom. The maximum Gasteiger partial charge on any atom is 0.600 e. The van der Waals surface area contributed by atoms with Crippen LogP contribution in [0.3, 0.4) is 0 Å². The Bertz CT molecular complexity index is 609. The molecule has 1 atom stereocenters. The summed E-state index contributed by atoms with van der Waals surface area (Å²) in [5.74, 6) is 0.137. The number of halogens is 4. The first kappa shape index (κ1) is 15.6.